The topological polar surface area (TPSA) is 181 Å². The van der Waals surface area contributed by atoms with Crippen molar-refractivity contribution in [3.63, 3.8) is 0 Å². The molecule has 0 aliphatic heterocycles. The molecule has 0 radical (unpaired) electrons. The Morgan fingerprint density at radius 1 is 1.21 bits per heavy atom. The van der Waals surface area contributed by atoms with E-state index in [0.717, 1.165) is 18.3 Å². The van der Waals surface area contributed by atoms with Crippen LogP contribution in [0.3, 0.4) is 0 Å². The van der Waals surface area contributed by atoms with Crippen LogP contribution < -0.4 is 21.5 Å². The number of aromatic nitrogens is 1. The second-order valence-corrected chi connectivity index (χ2v) is 8.55. The van der Waals surface area contributed by atoms with Crippen molar-refractivity contribution in [1.29, 1.82) is 5.26 Å². The monoisotopic (exact) mass is 430 g/mol. The first-order valence-corrected chi connectivity index (χ1v) is 10.3. The summed E-state index contributed by atoms with van der Waals surface area (Å²) in [5.41, 5.74) is 12.4. The molecule has 0 fully saturated rings. The summed E-state index contributed by atoms with van der Waals surface area (Å²) in [6.07, 6.45) is 0. The van der Waals surface area contributed by atoms with E-state index in [9.17, 15) is 18.0 Å². The molecule has 148 valence electrons. The van der Waals surface area contributed by atoms with Crippen LogP contribution in [0.4, 0.5) is 17.2 Å². The first-order chi connectivity index (χ1) is 13.6. The molecule has 3 aromatic rings. The van der Waals surface area contributed by atoms with Gasteiger partial charge in [-0.3, -0.25) is 9.59 Å². The first kappa shape index (κ1) is 20.1. The molecule has 1 aromatic carbocycles. The number of pyridine rings is 1. The van der Waals surface area contributed by atoms with Crippen LogP contribution in [-0.2, 0) is 14.8 Å². The van der Waals surface area contributed by atoms with Gasteiger partial charge in [0, 0.05) is 18.0 Å². The third kappa shape index (κ3) is 3.96. The van der Waals surface area contributed by atoms with Gasteiger partial charge < -0.3 is 16.8 Å². The smallest absolute Gasteiger partial charge is 0.267 e. The fourth-order valence-corrected chi connectivity index (χ4v) is 4.44. The maximum Gasteiger partial charge on any atom is 0.267 e. The number of carbonyl (C=O) groups excluding carboxylic acids is 2. The Labute approximate surface area is 169 Å². The lowest BCUT2D eigenvalue weighted by atomic mass is 10.2. The lowest BCUT2D eigenvalue weighted by Gasteiger charge is -2.07. The van der Waals surface area contributed by atoms with Crippen molar-refractivity contribution < 1.29 is 18.0 Å². The van der Waals surface area contributed by atoms with Gasteiger partial charge in [-0.1, -0.05) is 0 Å². The number of nitrogens with zero attached hydrogens (tertiary/aromatic N) is 2. The predicted molar refractivity (Wildman–Crippen MR) is 109 cm³/mol. The minimum Gasteiger partial charge on any atom is -0.397 e. The van der Waals surface area contributed by atoms with Gasteiger partial charge in [0.25, 0.3) is 15.9 Å². The van der Waals surface area contributed by atoms with Crippen LogP contribution in [0.25, 0.3) is 10.2 Å². The molecular weight excluding hydrogens is 416 g/mol. The van der Waals surface area contributed by atoms with Gasteiger partial charge in [0.15, 0.2) is 0 Å². The number of hydrogen-bond acceptors (Lipinski definition) is 9. The number of anilines is 3. The molecule has 0 unspecified atom stereocenters. The van der Waals surface area contributed by atoms with Crippen molar-refractivity contribution in [2.24, 2.45) is 0 Å². The van der Waals surface area contributed by atoms with E-state index in [4.69, 9.17) is 16.7 Å². The quantitative estimate of drug-likeness (QED) is 0.479. The number of rotatable bonds is 4. The Kier molecular flexibility index (Phi) is 5.10. The van der Waals surface area contributed by atoms with Crippen molar-refractivity contribution in [2.45, 2.75) is 11.8 Å². The average molecular weight is 430 g/mol. The molecule has 0 aliphatic carbocycles. The summed E-state index contributed by atoms with van der Waals surface area (Å²) >= 11 is 1.02. The maximum atomic E-state index is 12.6. The molecule has 29 heavy (non-hydrogen) atoms. The summed E-state index contributed by atoms with van der Waals surface area (Å²) in [6.45, 7) is 1.09. The number of amides is 2. The maximum absolute atomic E-state index is 12.6. The highest BCUT2D eigenvalue weighted by Crippen LogP contribution is 2.34. The number of hydrogen-bond donors (Lipinski definition) is 4. The van der Waals surface area contributed by atoms with Gasteiger partial charge in [-0.25, -0.2) is 18.1 Å². The fraction of sp³-hybridized carbons (Fsp3) is 0.0588. The Balaban J connectivity index is 1.86. The highest BCUT2D eigenvalue weighted by molar-refractivity contribution is 7.90. The fourth-order valence-electron chi connectivity index (χ4n) is 2.47. The molecule has 2 heterocycles. The Hall–Kier alpha value is -3.69. The SMILES string of the molecule is CC(=O)NS(=O)(=O)c1ccc(NC(=O)c2sc3nc(N)c(C#N)cc3c2N)cc1. The zero-order chi connectivity index (χ0) is 21.3. The average Bonchev–Trinajstić information content (AvgIpc) is 2.96. The van der Waals surface area contributed by atoms with Crippen molar-refractivity contribution in [3.05, 3.63) is 40.8 Å². The van der Waals surface area contributed by atoms with E-state index in [1.165, 1.54) is 30.3 Å². The molecule has 2 aromatic heterocycles. The van der Waals surface area contributed by atoms with Gasteiger partial charge in [0.2, 0.25) is 5.91 Å². The standard InChI is InChI=1S/C17H14N6O4S2/c1-8(24)23-29(26,27)11-4-2-10(3-5-11)21-16(25)14-13(19)12-6-9(7-18)15(20)22-17(12)28-14/h2-6H,19H2,1H3,(H2,20,22)(H,21,25)(H,23,24). The van der Waals surface area contributed by atoms with Crippen LogP contribution in [0.1, 0.15) is 22.2 Å². The van der Waals surface area contributed by atoms with Gasteiger partial charge in [-0.2, -0.15) is 5.26 Å². The zero-order valence-corrected chi connectivity index (χ0v) is 16.5. The van der Waals surface area contributed by atoms with Crippen molar-refractivity contribution in [3.8, 4) is 6.07 Å². The third-order valence-electron chi connectivity index (χ3n) is 3.78. The van der Waals surface area contributed by atoms with Crippen LogP contribution in [-0.4, -0.2) is 25.2 Å². The third-order valence-corrected chi connectivity index (χ3v) is 6.34. The van der Waals surface area contributed by atoms with E-state index in [2.05, 4.69) is 10.3 Å². The largest absolute Gasteiger partial charge is 0.397 e. The highest BCUT2D eigenvalue weighted by Gasteiger charge is 2.20. The van der Waals surface area contributed by atoms with Gasteiger partial charge in [0.1, 0.15) is 21.6 Å². The Morgan fingerprint density at radius 2 is 1.86 bits per heavy atom. The minimum atomic E-state index is -3.97. The number of nitrogen functional groups attached to an aromatic ring is 2. The lowest BCUT2D eigenvalue weighted by molar-refractivity contribution is -0.117. The number of sulfonamides is 1. The number of thiophene rings is 1. The zero-order valence-electron chi connectivity index (χ0n) is 14.9. The predicted octanol–water partition coefficient (Wildman–Crippen LogP) is 1.41. The van der Waals surface area contributed by atoms with Crippen molar-refractivity contribution in [1.82, 2.24) is 9.71 Å². The van der Waals surface area contributed by atoms with Crippen LogP contribution in [0.2, 0.25) is 0 Å². The summed E-state index contributed by atoms with van der Waals surface area (Å²) in [7, 11) is -3.97. The molecule has 0 aliphatic rings. The van der Waals surface area contributed by atoms with E-state index in [-0.39, 0.29) is 26.8 Å². The van der Waals surface area contributed by atoms with E-state index >= 15 is 0 Å². The van der Waals surface area contributed by atoms with Gasteiger partial charge in [-0.05, 0) is 30.3 Å². The van der Waals surface area contributed by atoms with Gasteiger partial charge >= 0.3 is 0 Å². The molecule has 6 N–H and O–H groups in total. The molecule has 0 atom stereocenters. The molecule has 0 spiro atoms. The second-order valence-electron chi connectivity index (χ2n) is 5.87. The minimum absolute atomic E-state index is 0.0455. The summed E-state index contributed by atoms with van der Waals surface area (Å²) in [5.74, 6) is -1.19. The van der Waals surface area contributed by atoms with Crippen molar-refractivity contribution in [2.75, 3.05) is 16.8 Å². The molecule has 10 nitrogen and oxygen atoms in total. The molecule has 2 amide bonds. The van der Waals surface area contributed by atoms with Crippen LogP contribution in [0.15, 0.2) is 35.2 Å². The van der Waals surface area contributed by atoms with Crippen molar-refractivity contribution >= 4 is 60.6 Å². The van der Waals surface area contributed by atoms with E-state index in [1.54, 1.807) is 0 Å². The highest BCUT2D eigenvalue weighted by atomic mass is 32.2. The number of nitrogens with one attached hydrogen (secondary N) is 2. The Morgan fingerprint density at radius 3 is 2.45 bits per heavy atom. The van der Waals surface area contributed by atoms with Crippen LogP contribution in [0.5, 0.6) is 0 Å². The summed E-state index contributed by atoms with van der Waals surface area (Å²) in [5, 5.41) is 12.1. The number of carbonyl (C=O) groups is 2. The summed E-state index contributed by atoms with van der Waals surface area (Å²) in [4.78, 5) is 28.1. The normalized spacial score (nSPS) is 11.0. The number of nitriles is 1. The molecule has 0 saturated carbocycles. The molecular formula is C17H14N6O4S2. The lowest BCUT2D eigenvalue weighted by Crippen LogP contribution is -2.28. The molecule has 0 saturated heterocycles. The summed E-state index contributed by atoms with van der Waals surface area (Å²) < 4.78 is 25.7. The number of fused-ring (bicyclic) bond motifs is 1. The Bertz CT molecular complexity index is 1290. The van der Waals surface area contributed by atoms with E-state index in [0.29, 0.717) is 15.9 Å². The molecule has 3 rings (SSSR count). The number of nitrogens with two attached hydrogens (primary N) is 2. The molecule has 12 heteroatoms. The van der Waals surface area contributed by atoms with Gasteiger partial charge in [0.05, 0.1) is 16.1 Å². The van der Waals surface area contributed by atoms with E-state index < -0.39 is 21.8 Å². The van der Waals surface area contributed by atoms with E-state index in [1.807, 2.05) is 10.8 Å². The van der Waals surface area contributed by atoms with Crippen LogP contribution >= 0.6 is 11.3 Å². The number of benzene rings is 1. The van der Waals surface area contributed by atoms with Gasteiger partial charge in [-0.15, -0.1) is 11.3 Å². The second kappa shape index (κ2) is 7.38. The first-order valence-electron chi connectivity index (χ1n) is 7.95. The molecule has 0 bridgehead atoms. The summed E-state index contributed by atoms with van der Waals surface area (Å²) in [6, 6.07) is 8.63. The van der Waals surface area contributed by atoms with Crippen LogP contribution in [0, 0.1) is 11.3 Å².